The Bertz CT molecular complexity index is 691. The van der Waals surface area contributed by atoms with Crippen molar-refractivity contribution in [3.63, 3.8) is 0 Å². The van der Waals surface area contributed by atoms with Crippen LogP contribution in [0, 0.1) is 40.9 Å². The van der Waals surface area contributed by atoms with E-state index in [4.69, 9.17) is 9.47 Å². The van der Waals surface area contributed by atoms with Crippen molar-refractivity contribution >= 4 is 5.97 Å². The fraction of sp³-hybridized carbons (Fsp3) is 0.964. The van der Waals surface area contributed by atoms with E-state index in [0.29, 0.717) is 36.0 Å². The molecule has 4 fully saturated rings. The Labute approximate surface area is 196 Å². The van der Waals surface area contributed by atoms with Crippen LogP contribution in [0.5, 0.6) is 0 Å². The highest BCUT2D eigenvalue weighted by atomic mass is 16.6. The molecule has 0 spiro atoms. The summed E-state index contributed by atoms with van der Waals surface area (Å²) in [6, 6.07) is 0. The van der Waals surface area contributed by atoms with Crippen LogP contribution in [0.4, 0.5) is 0 Å². The highest BCUT2D eigenvalue weighted by molar-refractivity contribution is 5.66. The van der Waals surface area contributed by atoms with E-state index in [1.165, 1.54) is 51.9 Å². The number of rotatable bonds is 6. The lowest BCUT2D eigenvalue weighted by molar-refractivity contribution is -0.330. The molecule has 2 saturated heterocycles. The zero-order chi connectivity index (χ0) is 23.3. The topological polar surface area (TPSA) is 55.8 Å². The van der Waals surface area contributed by atoms with E-state index in [2.05, 4.69) is 34.6 Å². The highest BCUT2D eigenvalue weighted by Crippen LogP contribution is 2.66. The van der Waals surface area contributed by atoms with Gasteiger partial charge in [0.1, 0.15) is 6.10 Å². The van der Waals surface area contributed by atoms with Gasteiger partial charge < -0.3 is 14.6 Å². The molecule has 2 heterocycles. The molecule has 0 aromatic carbocycles. The number of aliphatic hydroxyl groups is 1. The fourth-order valence-electron chi connectivity index (χ4n) is 8.88. The Hall–Kier alpha value is -0.610. The number of hydrogen-bond acceptors (Lipinski definition) is 4. The summed E-state index contributed by atoms with van der Waals surface area (Å²) >= 11 is 0. The second-order valence-electron chi connectivity index (χ2n) is 12.9. The molecule has 4 rings (SSSR count). The molecule has 0 amide bonds. The molecule has 0 radical (unpaired) electrons. The minimum atomic E-state index is -1.16. The van der Waals surface area contributed by atoms with Crippen LogP contribution in [-0.4, -0.2) is 28.6 Å². The first kappa shape index (κ1) is 24.5. The molecule has 0 aromatic heterocycles. The molecule has 32 heavy (non-hydrogen) atoms. The van der Waals surface area contributed by atoms with Gasteiger partial charge in [0.05, 0.1) is 5.60 Å². The second-order valence-corrected chi connectivity index (χ2v) is 12.9. The van der Waals surface area contributed by atoms with Crippen molar-refractivity contribution in [2.24, 2.45) is 40.9 Å². The zero-order valence-electron chi connectivity index (χ0n) is 21.5. The van der Waals surface area contributed by atoms with Crippen LogP contribution in [0.3, 0.4) is 0 Å². The maximum Gasteiger partial charge on any atom is 0.302 e. The van der Waals surface area contributed by atoms with Crippen molar-refractivity contribution in [1.29, 1.82) is 0 Å². The normalized spacial score (nSPS) is 46.8. The zero-order valence-corrected chi connectivity index (χ0v) is 21.5. The van der Waals surface area contributed by atoms with Crippen LogP contribution in [-0.2, 0) is 14.3 Å². The van der Waals surface area contributed by atoms with Gasteiger partial charge in [-0.3, -0.25) is 4.79 Å². The van der Waals surface area contributed by atoms with Crippen molar-refractivity contribution < 1.29 is 19.4 Å². The molecular weight excluding hydrogens is 400 g/mol. The molecule has 4 heteroatoms. The molecule has 184 valence electrons. The first-order chi connectivity index (χ1) is 15.0. The van der Waals surface area contributed by atoms with Gasteiger partial charge in [-0.1, -0.05) is 47.0 Å². The van der Waals surface area contributed by atoms with Crippen molar-refractivity contribution in [1.82, 2.24) is 0 Å². The Morgan fingerprint density at radius 2 is 1.78 bits per heavy atom. The van der Waals surface area contributed by atoms with Gasteiger partial charge in [0, 0.05) is 19.8 Å². The lowest BCUT2D eigenvalue weighted by atomic mass is 9.52. The first-order valence-electron chi connectivity index (χ1n) is 13.6. The van der Waals surface area contributed by atoms with Gasteiger partial charge in [-0.2, -0.15) is 0 Å². The van der Waals surface area contributed by atoms with Crippen LogP contribution in [0.25, 0.3) is 0 Å². The van der Waals surface area contributed by atoms with E-state index in [1.807, 2.05) is 0 Å². The van der Waals surface area contributed by atoms with E-state index in [9.17, 15) is 9.90 Å². The van der Waals surface area contributed by atoms with Crippen LogP contribution in [0.2, 0.25) is 0 Å². The average molecular weight is 449 g/mol. The lowest BCUT2D eigenvalue weighted by Crippen LogP contribution is -2.60. The maximum absolute atomic E-state index is 11.6. The van der Waals surface area contributed by atoms with E-state index < -0.39 is 5.79 Å². The molecule has 4 nitrogen and oxygen atoms in total. The van der Waals surface area contributed by atoms with Gasteiger partial charge in [0.2, 0.25) is 0 Å². The fourth-order valence-corrected chi connectivity index (χ4v) is 8.88. The first-order valence-corrected chi connectivity index (χ1v) is 13.6. The minimum absolute atomic E-state index is 0.233. The molecule has 0 aromatic rings. The van der Waals surface area contributed by atoms with Crippen LogP contribution >= 0.6 is 0 Å². The van der Waals surface area contributed by atoms with Crippen LogP contribution in [0.15, 0.2) is 0 Å². The quantitative estimate of drug-likeness (QED) is 0.472. The highest BCUT2D eigenvalue weighted by Gasteiger charge is 2.63. The monoisotopic (exact) mass is 448 g/mol. The number of fused-ring (bicyclic) bond motifs is 6. The van der Waals surface area contributed by atoms with Gasteiger partial charge in [0.15, 0.2) is 5.79 Å². The molecular formula is C28H48O4. The second kappa shape index (κ2) is 8.87. The summed E-state index contributed by atoms with van der Waals surface area (Å²) in [4.78, 5) is 11.6. The number of ether oxygens (including phenoxy) is 2. The molecule has 2 aliphatic carbocycles. The van der Waals surface area contributed by atoms with Crippen molar-refractivity contribution in [3.8, 4) is 0 Å². The van der Waals surface area contributed by atoms with E-state index in [0.717, 1.165) is 30.6 Å². The SMILES string of the molecule is CC(=O)O[C@H]1CC[C@@]2(C)O[C@@](O)(C1)C[C@H]1[C@@H]3CC[C@H]([C@H](C)CCCC(C)C)[C@@]3(C)CC[C@@H]12. The number of carbonyl (C=O) groups excluding carboxylic acids is 1. The predicted molar refractivity (Wildman–Crippen MR) is 127 cm³/mol. The summed E-state index contributed by atoms with van der Waals surface area (Å²) in [5, 5.41) is 11.6. The molecule has 2 bridgehead atoms. The summed E-state index contributed by atoms with van der Waals surface area (Å²) in [5.41, 5.74) is 0.0791. The Balaban J connectivity index is 1.52. The summed E-state index contributed by atoms with van der Waals surface area (Å²) in [6.45, 7) is 13.5. The molecule has 4 aliphatic rings. The van der Waals surface area contributed by atoms with Gasteiger partial charge in [-0.05, 0) is 86.4 Å². The Morgan fingerprint density at radius 1 is 1.03 bits per heavy atom. The standard InChI is InChI=1S/C28H48O4/c1-18(2)8-7-9-19(3)23-10-11-24-22-17-28(30)16-21(31-20(4)29)12-15-27(6,32-28)25(22)13-14-26(23,24)5/h18-19,21-25,30H,7-17H2,1-6H3/t19-,21+,22+,23-,24+,25+,26-,27-,28+/m1/s1. The van der Waals surface area contributed by atoms with Gasteiger partial charge in [0.25, 0.3) is 0 Å². The summed E-state index contributed by atoms with van der Waals surface area (Å²) in [5.74, 6) is 2.68. The third-order valence-electron chi connectivity index (χ3n) is 10.2. The number of carbonyl (C=O) groups is 1. The number of esters is 1. The van der Waals surface area contributed by atoms with Crippen LogP contribution < -0.4 is 0 Å². The average Bonchev–Trinajstić information content (AvgIpc) is 2.98. The van der Waals surface area contributed by atoms with Gasteiger partial charge >= 0.3 is 5.97 Å². The molecule has 2 saturated carbocycles. The van der Waals surface area contributed by atoms with E-state index in [-0.39, 0.29) is 17.7 Å². The third kappa shape index (κ3) is 4.52. The van der Waals surface area contributed by atoms with E-state index in [1.54, 1.807) is 0 Å². The van der Waals surface area contributed by atoms with Crippen molar-refractivity contribution in [2.45, 2.75) is 130 Å². The molecule has 1 N–H and O–H groups in total. The predicted octanol–water partition coefficient (Wildman–Crippen LogP) is 6.49. The van der Waals surface area contributed by atoms with Crippen LogP contribution in [0.1, 0.15) is 112 Å². The van der Waals surface area contributed by atoms with E-state index >= 15 is 0 Å². The maximum atomic E-state index is 11.6. The molecule has 0 unspecified atom stereocenters. The largest absolute Gasteiger partial charge is 0.462 e. The van der Waals surface area contributed by atoms with Crippen molar-refractivity contribution in [2.75, 3.05) is 0 Å². The third-order valence-corrected chi connectivity index (χ3v) is 10.2. The lowest BCUT2D eigenvalue weighted by Gasteiger charge is -2.59. The smallest absolute Gasteiger partial charge is 0.302 e. The Morgan fingerprint density at radius 3 is 2.47 bits per heavy atom. The van der Waals surface area contributed by atoms with Gasteiger partial charge in [-0.15, -0.1) is 0 Å². The number of hydrogen-bond donors (Lipinski definition) is 1. The molecule has 2 aliphatic heterocycles. The Kier molecular flexibility index (Phi) is 6.80. The molecule has 9 atom stereocenters. The summed E-state index contributed by atoms with van der Waals surface area (Å²) in [6.07, 6.45) is 11.8. The summed E-state index contributed by atoms with van der Waals surface area (Å²) in [7, 11) is 0. The minimum Gasteiger partial charge on any atom is -0.462 e. The van der Waals surface area contributed by atoms with Crippen molar-refractivity contribution in [3.05, 3.63) is 0 Å². The van der Waals surface area contributed by atoms with Gasteiger partial charge in [-0.25, -0.2) is 0 Å². The summed E-state index contributed by atoms with van der Waals surface area (Å²) < 4.78 is 12.1.